The number of rotatable bonds is 21. The van der Waals surface area contributed by atoms with E-state index in [0.717, 1.165) is 11.1 Å². The fourth-order valence-electron chi connectivity index (χ4n) is 5.15. The molecule has 0 aliphatic heterocycles. The van der Waals surface area contributed by atoms with Gasteiger partial charge in [-0.2, -0.15) is 5.10 Å². The van der Waals surface area contributed by atoms with Crippen molar-refractivity contribution in [3.63, 3.8) is 0 Å². The largest absolute Gasteiger partial charge is 1.00 e. The third-order valence-electron chi connectivity index (χ3n) is 8.20. The molecule has 0 saturated heterocycles. The molecule has 3 rings (SSSR count). The van der Waals surface area contributed by atoms with Gasteiger partial charge in [-0.05, 0) is 49.7 Å². The molecule has 18 nitrogen and oxygen atoms in total. The molecule has 0 aliphatic carbocycles. The van der Waals surface area contributed by atoms with Crippen LogP contribution in [-0.4, -0.2) is 117 Å². The Labute approximate surface area is 370 Å². The van der Waals surface area contributed by atoms with Crippen LogP contribution in [0.4, 0.5) is 5.69 Å². The van der Waals surface area contributed by atoms with Gasteiger partial charge in [0.15, 0.2) is 26.9 Å². The molecular weight excluding hydrogens is 814 g/mol. The van der Waals surface area contributed by atoms with Gasteiger partial charge in [0.25, 0.3) is 5.91 Å². The summed E-state index contributed by atoms with van der Waals surface area (Å²) in [7, 11) is -8.83. The van der Waals surface area contributed by atoms with Gasteiger partial charge >= 0.3 is 65.1 Å². The number of sulfonamides is 1. The van der Waals surface area contributed by atoms with E-state index >= 15 is 0 Å². The average molecular weight is 860 g/mol. The number of anilines is 1. The zero-order chi connectivity index (χ0) is 40.3. The molecule has 2 unspecified atom stereocenters. The summed E-state index contributed by atoms with van der Waals surface area (Å²) in [6, 6.07) is 17.2. The zero-order valence-corrected chi connectivity index (χ0v) is 38.8. The molecule has 23 heteroatoms. The number of hydrogen-bond acceptors (Lipinski definition) is 14. The van der Waals surface area contributed by atoms with Crippen LogP contribution in [0.1, 0.15) is 31.2 Å². The predicted molar refractivity (Wildman–Crippen MR) is 197 cm³/mol. The Morgan fingerprint density at radius 3 is 2.18 bits per heavy atom. The van der Waals surface area contributed by atoms with Gasteiger partial charge in [-0.3, -0.25) is 9.59 Å². The van der Waals surface area contributed by atoms with Crippen LogP contribution < -0.4 is 84.0 Å². The molecular formula is C33H45N5Na2O13P2S. The van der Waals surface area contributed by atoms with Gasteiger partial charge in [-0.15, -0.1) is 0 Å². The molecule has 0 fully saturated rings. The molecule has 56 heavy (non-hydrogen) atoms. The first-order valence-corrected chi connectivity index (χ1v) is 21.1. The molecule has 3 aromatic rings. The number of fused-ring (bicyclic) bond motifs is 1. The minimum absolute atomic E-state index is 0. The second-order valence-corrected chi connectivity index (χ2v) is 18.5. The Hall–Kier alpha value is -1.74. The first-order valence-electron chi connectivity index (χ1n) is 16.5. The number of hydrazone groups is 1. The van der Waals surface area contributed by atoms with E-state index in [2.05, 4.69) is 10.5 Å². The molecule has 4 N–H and O–H groups in total. The number of nitrogens with zero attached hydrogens (tertiary/aromatic N) is 4. The van der Waals surface area contributed by atoms with Crippen LogP contribution in [0.3, 0.4) is 0 Å². The second-order valence-electron chi connectivity index (χ2n) is 12.5. The number of nitrogens with one attached hydrogen (secondary N) is 1. The second kappa shape index (κ2) is 23.2. The number of ether oxygens (including phenoxy) is 2. The molecule has 1 amide bonds. The molecule has 0 bridgehead atoms. The molecule has 0 aromatic heterocycles. The van der Waals surface area contributed by atoms with Gasteiger partial charge in [0.05, 0.1) is 17.7 Å². The van der Waals surface area contributed by atoms with E-state index in [-0.39, 0.29) is 103 Å². The quantitative estimate of drug-likeness (QED) is 0.0195. The zero-order valence-electron chi connectivity index (χ0n) is 32.2. The maximum absolute atomic E-state index is 13.4. The number of carbonyl (C=O) groups is 2. The molecule has 0 spiro atoms. The first-order chi connectivity index (χ1) is 25.2. The Kier molecular flexibility index (Phi) is 21.6. The summed E-state index contributed by atoms with van der Waals surface area (Å²) < 4.78 is 61.3. The smallest absolute Gasteiger partial charge is 0.776 e. The Bertz CT molecular complexity index is 1990. The van der Waals surface area contributed by atoms with Gasteiger partial charge in [0, 0.05) is 70.1 Å². The molecule has 0 aliphatic rings. The SMILES string of the molecule is CN(CCCOc1cccc(/C=N/NC(=O)COC(=O)CCCN(C)S(=O)(=O)c2cccc3c(N(C)C)cccc23)c1)CCC(O)(P(=O)([O-])O)P(=O)([O-])O.[Na+].[Na+]. The van der Waals surface area contributed by atoms with Crippen molar-refractivity contribution in [2.24, 2.45) is 5.10 Å². The summed E-state index contributed by atoms with van der Waals surface area (Å²) in [5, 5.41) is 11.4. The van der Waals surface area contributed by atoms with Crippen LogP contribution in [0.15, 0.2) is 70.7 Å². The molecule has 2 atom stereocenters. The van der Waals surface area contributed by atoms with E-state index in [9.17, 15) is 42.0 Å². The van der Waals surface area contributed by atoms with Crippen LogP contribution in [0.25, 0.3) is 10.8 Å². The van der Waals surface area contributed by atoms with Crippen molar-refractivity contribution in [1.82, 2.24) is 14.6 Å². The normalized spacial score (nSPS) is 14.9. The predicted octanol–water partition coefficient (Wildman–Crippen LogP) is -5.16. The minimum atomic E-state index is -5.83. The van der Waals surface area contributed by atoms with Crippen LogP contribution in [0.5, 0.6) is 5.75 Å². The number of esters is 1. The summed E-state index contributed by atoms with van der Waals surface area (Å²) in [6.07, 6.45) is 0.795. The molecule has 0 heterocycles. The van der Waals surface area contributed by atoms with Crippen molar-refractivity contribution in [1.29, 1.82) is 0 Å². The third-order valence-corrected chi connectivity index (χ3v) is 13.9. The van der Waals surface area contributed by atoms with E-state index in [1.54, 1.807) is 48.5 Å². The van der Waals surface area contributed by atoms with Crippen molar-refractivity contribution in [2.45, 2.75) is 35.7 Å². The van der Waals surface area contributed by atoms with Crippen molar-refractivity contribution in [2.75, 3.05) is 65.9 Å². The number of hydrogen-bond donors (Lipinski definition) is 4. The Balaban J connectivity index is 0.00000784. The third kappa shape index (κ3) is 14.8. The molecule has 3 aromatic carbocycles. The molecule has 0 radical (unpaired) electrons. The minimum Gasteiger partial charge on any atom is -0.776 e. The summed E-state index contributed by atoms with van der Waals surface area (Å²) in [6.45, 7) is -0.381. The number of aliphatic hydroxyl groups is 1. The van der Waals surface area contributed by atoms with E-state index in [1.807, 2.05) is 31.1 Å². The summed E-state index contributed by atoms with van der Waals surface area (Å²) in [4.78, 5) is 68.9. The maximum Gasteiger partial charge on any atom is 1.00 e. The average Bonchev–Trinajstić information content (AvgIpc) is 3.10. The molecule has 0 saturated carbocycles. The van der Waals surface area contributed by atoms with E-state index in [1.165, 1.54) is 29.5 Å². The van der Waals surface area contributed by atoms with Crippen LogP contribution >= 0.6 is 15.2 Å². The van der Waals surface area contributed by atoms with Gasteiger partial charge in [0.2, 0.25) is 10.0 Å². The Morgan fingerprint density at radius 2 is 1.54 bits per heavy atom. The fraction of sp³-hybridized carbons (Fsp3) is 0.424. The van der Waals surface area contributed by atoms with E-state index in [0.29, 0.717) is 23.1 Å². The molecule has 298 valence electrons. The maximum atomic E-state index is 13.4. The summed E-state index contributed by atoms with van der Waals surface area (Å²) in [5.74, 6) is -0.933. The van der Waals surface area contributed by atoms with Crippen molar-refractivity contribution < 1.29 is 120 Å². The van der Waals surface area contributed by atoms with Crippen molar-refractivity contribution in [3.05, 3.63) is 66.2 Å². The van der Waals surface area contributed by atoms with Gasteiger partial charge in [-0.25, -0.2) is 18.1 Å². The van der Waals surface area contributed by atoms with Gasteiger partial charge in [0.1, 0.15) is 5.75 Å². The van der Waals surface area contributed by atoms with E-state index in [4.69, 9.17) is 19.3 Å². The fourth-order valence-corrected chi connectivity index (χ4v) is 8.60. The number of benzene rings is 3. The van der Waals surface area contributed by atoms with Crippen molar-refractivity contribution >= 4 is 59.8 Å². The van der Waals surface area contributed by atoms with Crippen LogP contribution in [-0.2, 0) is 33.5 Å². The number of carbonyl (C=O) groups excluding carboxylic acids is 2. The standard InChI is InChI=1S/C33H47N5O13P2S.2Na/c1-36(2)29-14-6-13-28-27(29)12-7-15-30(28)54(48,49)38(4)19-8-16-32(40)51-24-31(39)35-34-23-25-10-5-11-26(22-25)50-21-9-18-37(3)20-17-33(41,52(42,43)44)53(45,46)47;;/h5-7,10-15,22-23,41H,8-9,16-21,24H2,1-4H3,(H,35,39)(H2,42,43,44)(H2,45,46,47);;/q;2*+1/p-2/b34-23+;;. The summed E-state index contributed by atoms with van der Waals surface area (Å²) >= 11 is 0. The van der Waals surface area contributed by atoms with Gasteiger partial charge < -0.3 is 53.1 Å². The topological polar surface area (TPSA) is 262 Å². The van der Waals surface area contributed by atoms with Crippen LogP contribution in [0.2, 0.25) is 0 Å². The van der Waals surface area contributed by atoms with Crippen molar-refractivity contribution in [3.8, 4) is 5.75 Å². The first kappa shape index (κ1) is 52.3. The van der Waals surface area contributed by atoms with Crippen LogP contribution in [0, 0.1) is 0 Å². The Morgan fingerprint density at radius 1 is 0.911 bits per heavy atom. The summed E-state index contributed by atoms with van der Waals surface area (Å²) in [5.41, 5.74) is 3.68. The van der Waals surface area contributed by atoms with Gasteiger partial charge in [-0.1, -0.05) is 36.4 Å². The number of amides is 1. The monoisotopic (exact) mass is 859 g/mol. The van der Waals surface area contributed by atoms with E-state index < -0.39 is 55.2 Å².